The van der Waals surface area contributed by atoms with E-state index in [2.05, 4.69) is 59.3 Å². The van der Waals surface area contributed by atoms with Crippen LogP contribution in [-0.2, 0) is 4.79 Å². The maximum absolute atomic E-state index is 16.9. The molecule has 2 atom stereocenters. The molecular weight excluding hydrogens is 567 g/mol. The molecule has 0 saturated carbocycles. The number of carbonyl (C=O) groups excluding carboxylic acids is 1. The summed E-state index contributed by atoms with van der Waals surface area (Å²) in [6.07, 6.45) is 3.05. The van der Waals surface area contributed by atoms with Crippen LogP contribution in [0.3, 0.4) is 0 Å². The predicted octanol–water partition coefficient (Wildman–Crippen LogP) is 5.41. The lowest BCUT2D eigenvalue weighted by Crippen LogP contribution is -2.60. The Kier molecular flexibility index (Phi) is 7.54. The number of aromatic amines is 1. The number of benzene rings is 2. The maximum Gasteiger partial charge on any atom is 0.246 e. The van der Waals surface area contributed by atoms with Gasteiger partial charge in [0.05, 0.1) is 16.7 Å². The van der Waals surface area contributed by atoms with Crippen LogP contribution in [0.15, 0.2) is 37.1 Å². The highest BCUT2D eigenvalue weighted by molar-refractivity contribution is 6.35. The van der Waals surface area contributed by atoms with E-state index in [0.29, 0.717) is 53.5 Å². The molecule has 11 heteroatoms. The summed E-state index contributed by atoms with van der Waals surface area (Å²) >= 11 is 6.94. The van der Waals surface area contributed by atoms with Gasteiger partial charge in [0.25, 0.3) is 0 Å². The first-order valence-corrected chi connectivity index (χ1v) is 15.2. The summed E-state index contributed by atoms with van der Waals surface area (Å²) in [6, 6.07) is 6.26. The van der Waals surface area contributed by atoms with Gasteiger partial charge in [-0.25, -0.2) is 9.37 Å². The van der Waals surface area contributed by atoms with E-state index in [0.717, 1.165) is 29.6 Å². The molecule has 2 saturated heterocycles. The Hall–Kier alpha value is -3.76. The second-order valence-corrected chi connectivity index (χ2v) is 12.6. The number of aromatic nitrogens is 4. The highest BCUT2D eigenvalue weighted by Crippen LogP contribution is 2.43. The van der Waals surface area contributed by atoms with E-state index in [1.54, 1.807) is 12.3 Å². The number of H-pyrrole nitrogens is 1. The molecule has 0 aliphatic carbocycles. The number of fused-ring (bicyclic) bond motifs is 2. The lowest BCUT2D eigenvalue weighted by atomic mass is 9.95. The number of rotatable bonds is 6. The second-order valence-electron chi connectivity index (χ2n) is 12.2. The highest BCUT2D eigenvalue weighted by atomic mass is 35.5. The number of hydrogen-bond donors (Lipinski definition) is 1. The number of amides is 1. The average molecular weight is 605 g/mol. The van der Waals surface area contributed by atoms with E-state index in [1.807, 2.05) is 30.9 Å². The first-order valence-electron chi connectivity index (χ1n) is 14.8. The number of carbonyl (C=O) groups is 1. The maximum atomic E-state index is 16.9. The zero-order valence-electron chi connectivity index (χ0n) is 25.5. The van der Waals surface area contributed by atoms with Crippen LogP contribution in [-0.4, -0.2) is 93.3 Å². The van der Waals surface area contributed by atoms with Crippen molar-refractivity contribution in [2.24, 2.45) is 0 Å². The van der Waals surface area contributed by atoms with Crippen LogP contribution >= 0.6 is 11.6 Å². The number of aryl methyl sites for hydroxylation is 1. The lowest BCUT2D eigenvalue weighted by molar-refractivity contribution is -0.128. The summed E-state index contributed by atoms with van der Waals surface area (Å²) in [5.41, 5.74) is 2.91. The lowest BCUT2D eigenvalue weighted by Gasteiger charge is -2.46. The van der Waals surface area contributed by atoms with Crippen LogP contribution in [0, 0.1) is 12.7 Å². The molecule has 2 fully saturated rings. The fourth-order valence-electron chi connectivity index (χ4n) is 6.36. The van der Waals surface area contributed by atoms with Crippen molar-refractivity contribution in [1.82, 2.24) is 30.0 Å². The van der Waals surface area contributed by atoms with Crippen molar-refractivity contribution >= 4 is 51.1 Å². The molecule has 43 heavy (non-hydrogen) atoms. The van der Waals surface area contributed by atoms with E-state index in [9.17, 15) is 4.79 Å². The van der Waals surface area contributed by atoms with Crippen LogP contribution in [0.5, 0.6) is 0 Å². The van der Waals surface area contributed by atoms with Crippen molar-refractivity contribution in [2.75, 3.05) is 43.0 Å². The number of nitrogens with one attached hydrogen (secondary N) is 1. The van der Waals surface area contributed by atoms with Gasteiger partial charge in [-0.1, -0.05) is 24.2 Å². The Morgan fingerprint density at radius 1 is 1.14 bits per heavy atom. The Balaban J connectivity index is 1.51. The van der Waals surface area contributed by atoms with Crippen molar-refractivity contribution in [3.63, 3.8) is 0 Å². The minimum atomic E-state index is -0.484. The van der Waals surface area contributed by atoms with Crippen LogP contribution < -0.4 is 9.80 Å². The summed E-state index contributed by atoms with van der Waals surface area (Å²) in [7, 11) is 2.12. The molecular formula is C32H38ClFN8O. The van der Waals surface area contributed by atoms with Gasteiger partial charge in [-0.2, -0.15) is 10.1 Å². The van der Waals surface area contributed by atoms with Crippen molar-refractivity contribution in [2.45, 2.75) is 58.8 Å². The predicted molar refractivity (Wildman–Crippen MR) is 171 cm³/mol. The molecule has 0 unspecified atom stereocenters. The van der Waals surface area contributed by atoms with Crippen molar-refractivity contribution in [3.8, 4) is 11.1 Å². The molecule has 2 aromatic heterocycles. The Morgan fingerprint density at radius 2 is 1.88 bits per heavy atom. The summed E-state index contributed by atoms with van der Waals surface area (Å²) in [4.78, 5) is 30.9. The molecule has 1 N–H and O–H groups in total. The van der Waals surface area contributed by atoms with Gasteiger partial charge in [0, 0.05) is 72.2 Å². The van der Waals surface area contributed by atoms with E-state index >= 15 is 4.39 Å². The molecule has 2 aromatic carbocycles. The molecule has 226 valence electrons. The molecule has 2 aliphatic rings. The summed E-state index contributed by atoms with van der Waals surface area (Å²) in [6.45, 7) is 16.5. The van der Waals surface area contributed by atoms with Gasteiger partial charge in [-0.3, -0.25) is 14.8 Å². The number of halogens is 2. The van der Waals surface area contributed by atoms with Gasteiger partial charge in [0.2, 0.25) is 11.9 Å². The van der Waals surface area contributed by atoms with Gasteiger partial charge in [-0.15, -0.1) is 0 Å². The van der Waals surface area contributed by atoms with Gasteiger partial charge >= 0.3 is 0 Å². The molecule has 0 bridgehead atoms. The van der Waals surface area contributed by atoms with E-state index in [-0.39, 0.29) is 28.5 Å². The molecule has 0 spiro atoms. The zero-order chi connectivity index (χ0) is 30.7. The molecule has 4 aromatic rings. The molecule has 9 nitrogen and oxygen atoms in total. The summed E-state index contributed by atoms with van der Waals surface area (Å²) in [5, 5.41) is 8.79. The largest absolute Gasteiger partial charge is 0.349 e. The summed E-state index contributed by atoms with van der Waals surface area (Å²) < 4.78 is 16.9. The second kappa shape index (κ2) is 11.1. The quantitative estimate of drug-likeness (QED) is 0.294. The zero-order valence-corrected chi connectivity index (χ0v) is 26.3. The van der Waals surface area contributed by atoms with Gasteiger partial charge in [-0.05, 0) is 65.4 Å². The number of likely N-dealkylation sites (N-methyl/N-ethyl adjacent to an activating group) is 1. The minimum absolute atomic E-state index is 0.0781. The van der Waals surface area contributed by atoms with Crippen LogP contribution in [0.2, 0.25) is 5.02 Å². The Bertz CT molecular complexity index is 1730. The SMILES string of the molecule is C=CC(=O)N1C[C@H](C)N(c2nc(N3CC(N(C)C(C)C)C3)nc3c(F)c(-c4c(C)ccc5[nH]ncc45)c(Cl)cc23)C[C@H]1C. The van der Waals surface area contributed by atoms with Gasteiger partial charge < -0.3 is 14.7 Å². The smallest absolute Gasteiger partial charge is 0.246 e. The van der Waals surface area contributed by atoms with Crippen molar-refractivity contribution in [3.05, 3.63) is 53.5 Å². The first kappa shape index (κ1) is 29.3. The third kappa shape index (κ3) is 4.90. The molecule has 0 radical (unpaired) electrons. The monoisotopic (exact) mass is 604 g/mol. The number of anilines is 2. The number of piperazine rings is 1. The standard InChI is InChI=1S/C32H38ClFN8O/c1-8-26(43)41-13-20(6)42(14-19(41)5)31-22-11-24(33)28(27-18(4)9-10-25-23(27)12-35-38-25)29(34)30(22)36-32(37-31)40-15-21(16-40)39(7)17(2)3/h8-12,17,19-21H,1,13-16H2,2-7H3,(H,35,38)/t19-,20+/m1/s1. The van der Waals surface area contributed by atoms with Crippen molar-refractivity contribution in [1.29, 1.82) is 0 Å². The van der Waals surface area contributed by atoms with Crippen LogP contribution in [0.1, 0.15) is 33.3 Å². The van der Waals surface area contributed by atoms with Gasteiger partial charge in [0.15, 0.2) is 5.82 Å². The van der Waals surface area contributed by atoms with Crippen LogP contribution in [0.4, 0.5) is 16.2 Å². The average Bonchev–Trinajstić information content (AvgIpc) is 3.43. The Labute approximate surface area is 256 Å². The normalized spacial score (nSPS) is 19.6. The topological polar surface area (TPSA) is 84.5 Å². The van der Waals surface area contributed by atoms with E-state index in [1.165, 1.54) is 6.08 Å². The number of nitrogens with zero attached hydrogens (tertiary/aromatic N) is 7. The minimum Gasteiger partial charge on any atom is -0.349 e. The van der Waals surface area contributed by atoms with E-state index in [4.69, 9.17) is 21.6 Å². The van der Waals surface area contributed by atoms with Crippen LogP contribution in [0.25, 0.3) is 32.9 Å². The fraction of sp³-hybridized carbons (Fsp3) is 0.438. The third-order valence-electron chi connectivity index (χ3n) is 9.18. The van der Waals surface area contributed by atoms with E-state index < -0.39 is 5.82 Å². The Morgan fingerprint density at radius 3 is 2.58 bits per heavy atom. The molecule has 1 amide bonds. The first-order chi connectivity index (χ1) is 20.5. The summed E-state index contributed by atoms with van der Waals surface area (Å²) in [5.74, 6) is 0.527. The number of hydrogen-bond acceptors (Lipinski definition) is 7. The molecule has 6 rings (SSSR count). The molecule has 2 aliphatic heterocycles. The van der Waals surface area contributed by atoms with Crippen molar-refractivity contribution < 1.29 is 9.18 Å². The van der Waals surface area contributed by atoms with Gasteiger partial charge in [0.1, 0.15) is 11.3 Å². The highest BCUT2D eigenvalue weighted by Gasteiger charge is 2.37. The molecule has 4 heterocycles. The fourth-order valence-corrected chi connectivity index (χ4v) is 6.65. The third-order valence-corrected chi connectivity index (χ3v) is 9.48.